The van der Waals surface area contributed by atoms with Crippen molar-refractivity contribution in [1.82, 2.24) is 0 Å². The molecule has 1 nitrogen and oxygen atoms in total. The molecule has 0 aliphatic rings. The Morgan fingerprint density at radius 2 is 2.20 bits per heavy atom. The van der Waals surface area contributed by atoms with Gasteiger partial charge >= 0.3 is 0 Å². The van der Waals surface area contributed by atoms with Crippen LogP contribution in [0.2, 0.25) is 0 Å². The van der Waals surface area contributed by atoms with Gasteiger partial charge in [0.25, 0.3) is 0 Å². The monoisotopic (exact) mass is 137 g/mol. The lowest BCUT2D eigenvalue weighted by molar-refractivity contribution is 0.101. The molecule has 0 aliphatic carbocycles. The van der Waals surface area contributed by atoms with Gasteiger partial charge in [0.2, 0.25) is 0 Å². The molecule has 0 spiro atoms. The molecule has 0 fully saturated rings. The van der Waals surface area contributed by atoms with Crippen molar-refractivity contribution in [2.75, 3.05) is 0 Å². The van der Waals surface area contributed by atoms with E-state index in [2.05, 4.69) is 0 Å². The minimum Gasteiger partial charge on any atom is -0.295 e. The molecule has 10 heavy (non-hydrogen) atoms. The largest absolute Gasteiger partial charge is 0.295 e. The predicted octanol–water partition coefficient (Wildman–Crippen LogP) is 2.20. The molecular formula is C9H10O. The van der Waals surface area contributed by atoms with Gasteiger partial charge in [0, 0.05) is 9.68 Å². The van der Waals surface area contributed by atoms with Gasteiger partial charge in [-0.1, -0.05) is 24.3 Å². The highest BCUT2D eigenvalue weighted by Crippen LogP contribution is 2.06. The van der Waals surface area contributed by atoms with Crippen LogP contribution in [0, 0.1) is 6.92 Å². The van der Waals surface area contributed by atoms with Crippen molar-refractivity contribution in [3.63, 3.8) is 0 Å². The van der Waals surface area contributed by atoms with Crippen LogP contribution < -0.4 is 0 Å². The lowest BCUT2D eigenvalue weighted by Gasteiger charge is -1.97. The number of hydrogen-bond donors (Lipinski definition) is 0. The molecule has 0 heterocycles. The minimum atomic E-state index is -2.54. The zero-order valence-corrected chi connectivity index (χ0v) is 5.72. The summed E-state index contributed by atoms with van der Waals surface area (Å²) >= 11 is 0. The van der Waals surface area contributed by atoms with E-state index in [0.29, 0.717) is 5.56 Å². The molecule has 1 aromatic rings. The van der Waals surface area contributed by atoms with Crippen molar-refractivity contribution >= 4 is 5.78 Å². The van der Waals surface area contributed by atoms with Gasteiger partial charge < -0.3 is 0 Å². The SMILES string of the molecule is [2H]C([2H])([2H])C(=O)c1ccccc1C. The molecule has 1 aromatic carbocycles. The third kappa shape index (κ3) is 1.24. The van der Waals surface area contributed by atoms with Gasteiger partial charge in [0.05, 0.1) is 0 Å². The van der Waals surface area contributed by atoms with E-state index in [4.69, 9.17) is 4.11 Å². The Balaban J connectivity index is 3.10. The topological polar surface area (TPSA) is 17.1 Å². The van der Waals surface area contributed by atoms with Crippen LogP contribution >= 0.6 is 0 Å². The maximum absolute atomic E-state index is 11.3. The molecule has 52 valence electrons. The Kier molecular flexibility index (Phi) is 1.04. The van der Waals surface area contributed by atoms with Crippen LogP contribution in [0.1, 0.15) is 26.9 Å². The van der Waals surface area contributed by atoms with Crippen LogP contribution in [0.5, 0.6) is 0 Å². The second-order valence-corrected chi connectivity index (χ2v) is 2.14. The van der Waals surface area contributed by atoms with E-state index in [1.54, 1.807) is 25.1 Å². The molecule has 0 N–H and O–H groups in total. The number of carbonyl (C=O) groups excluding carboxylic acids is 1. The summed E-state index contributed by atoms with van der Waals surface area (Å²) in [6.45, 7) is -0.814. The van der Waals surface area contributed by atoms with E-state index in [1.165, 1.54) is 6.07 Å². The Hall–Kier alpha value is -1.11. The predicted molar refractivity (Wildman–Crippen MR) is 41.2 cm³/mol. The third-order valence-corrected chi connectivity index (χ3v) is 1.39. The number of rotatable bonds is 1. The molecule has 0 amide bonds. The standard InChI is InChI=1S/C9H10O/c1-7-5-3-4-6-9(7)8(2)10/h3-6H,1-2H3/i2D3. The van der Waals surface area contributed by atoms with Crippen LogP contribution in [-0.4, -0.2) is 5.78 Å². The first-order valence-electron chi connectivity index (χ1n) is 4.53. The molecule has 0 atom stereocenters. The lowest BCUT2D eigenvalue weighted by Crippen LogP contribution is -1.93. The fourth-order valence-corrected chi connectivity index (χ4v) is 0.828. The van der Waals surface area contributed by atoms with Gasteiger partial charge in [-0.25, -0.2) is 0 Å². The number of carbonyl (C=O) groups is 1. The normalized spacial score (nSPS) is 15.1. The summed E-state index contributed by atoms with van der Waals surface area (Å²) in [5.41, 5.74) is 0.978. The summed E-state index contributed by atoms with van der Waals surface area (Å²) in [7, 11) is 0. The Bertz CT molecular complexity index is 328. The first-order chi connectivity index (χ1) is 5.93. The van der Waals surface area contributed by atoms with Crippen LogP contribution in [0.15, 0.2) is 24.3 Å². The van der Waals surface area contributed by atoms with Crippen molar-refractivity contribution in [3.05, 3.63) is 35.4 Å². The van der Waals surface area contributed by atoms with Gasteiger partial charge in [-0.15, -0.1) is 0 Å². The van der Waals surface area contributed by atoms with E-state index in [1.807, 2.05) is 0 Å². The summed E-state index contributed by atoms with van der Waals surface area (Å²) in [4.78, 5) is 11.3. The van der Waals surface area contributed by atoms with E-state index in [-0.39, 0.29) is 5.56 Å². The van der Waals surface area contributed by atoms with E-state index >= 15 is 0 Å². The smallest absolute Gasteiger partial charge is 0.160 e. The zero-order valence-electron chi connectivity index (χ0n) is 8.72. The number of hydrogen-bond acceptors (Lipinski definition) is 1. The highest BCUT2D eigenvalue weighted by Gasteiger charge is 1.99. The lowest BCUT2D eigenvalue weighted by atomic mass is 10.1. The number of Topliss-reactive ketones (excluding diaryl/α,β-unsaturated/α-hetero) is 1. The maximum Gasteiger partial charge on any atom is 0.160 e. The second-order valence-electron chi connectivity index (χ2n) is 2.14. The average Bonchev–Trinajstić information content (AvgIpc) is 2.02. The maximum atomic E-state index is 11.3. The van der Waals surface area contributed by atoms with Crippen molar-refractivity contribution in [2.24, 2.45) is 0 Å². The Morgan fingerprint density at radius 1 is 1.50 bits per heavy atom. The van der Waals surface area contributed by atoms with Crippen LogP contribution in [-0.2, 0) is 0 Å². The highest BCUT2D eigenvalue weighted by molar-refractivity contribution is 5.95. The number of ketones is 1. The zero-order chi connectivity index (χ0) is 10.1. The molecule has 1 rings (SSSR count). The van der Waals surface area contributed by atoms with Gasteiger partial charge in [-0.3, -0.25) is 4.79 Å². The van der Waals surface area contributed by atoms with E-state index in [0.717, 1.165) is 0 Å². The molecule has 0 bridgehead atoms. The molecule has 1 heteroatoms. The fraction of sp³-hybridized carbons (Fsp3) is 0.222. The molecule has 0 saturated heterocycles. The van der Waals surface area contributed by atoms with E-state index < -0.39 is 12.6 Å². The van der Waals surface area contributed by atoms with Gasteiger partial charge in [-0.05, 0) is 19.3 Å². The molecule has 0 unspecified atom stereocenters. The second kappa shape index (κ2) is 2.65. The van der Waals surface area contributed by atoms with E-state index in [9.17, 15) is 4.79 Å². The van der Waals surface area contributed by atoms with Gasteiger partial charge in [0.15, 0.2) is 5.78 Å². The van der Waals surface area contributed by atoms with Gasteiger partial charge in [0.1, 0.15) is 0 Å². The third-order valence-electron chi connectivity index (χ3n) is 1.39. The first kappa shape index (κ1) is 3.91. The quantitative estimate of drug-likeness (QED) is 0.542. The van der Waals surface area contributed by atoms with Crippen molar-refractivity contribution in [3.8, 4) is 0 Å². The summed E-state index contributed by atoms with van der Waals surface area (Å²) in [6.07, 6.45) is 0. The molecular weight excluding hydrogens is 124 g/mol. The first-order valence-corrected chi connectivity index (χ1v) is 3.03. The van der Waals surface area contributed by atoms with Crippen molar-refractivity contribution in [1.29, 1.82) is 0 Å². The summed E-state index contributed by atoms with van der Waals surface area (Å²) in [6, 6.07) is 6.68. The summed E-state index contributed by atoms with van der Waals surface area (Å²) < 4.78 is 20.9. The minimum absolute atomic E-state index is 0.280. The molecule has 0 aliphatic heterocycles. The van der Waals surface area contributed by atoms with Crippen LogP contribution in [0.25, 0.3) is 0 Å². The summed E-state index contributed by atoms with van der Waals surface area (Å²) in [5, 5.41) is 0. The number of benzene rings is 1. The Labute approximate surface area is 64.9 Å². The van der Waals surface area contributed by atoms with Crippen LogP contribution in [0.4, 0.5) is 0 Å². The van der Waals surface area contributed by atoms with Gasteiger partial charge in [-0.2, -0.15) is 0 Å². The molecule has 0 radical (unpaired) electrons. The molecule has 0 aromatic heterocycles. The van der Waals surface area contributed by atoms with Crippen LogP contribution in [0.3, 0.4) is 0 Å². The highest BCUT2D eigenvalue weighted by atomic mass is 16.1. The molecule has 0 saturated carbocycles. The Morgan fingerprint density at radius 3 is 2.80 bits per heavy atom. The van der Waals surface area contributed by atoms with Crippen molar-refractivity contribution in [2.45, 2.75) is 13.8 Å². The summed E-state index contributed by atoms with van der Waals surface area (Å²) in [5.74, 6) is -0.786. The van der Waals surface area contributed by atoms with Crippen molar-refractivity contribution < 1.29 is 8.91 Å². The fourth-order valence-electron chi connectivity index (χ4n) is 0.828. The number of aryl methyl sites for hydroxylation is 1. The average molecular weight is 137 g/mol.